The highest BCUT2D eigenvalue weighted by atomic mass is 32.2. The number of aryl methyl sites for hydroxylation is 1. The summed E-state index contributed by atoms with van der Waals surface area (Å²) in [5.74, 6) is 0.227. The molecule has 200 valence electrons. The van der Waals surface area contributed by atoms with Gasteiger partial charge in [0.1, 0.15) is 11.4 Å². The molecular weight excluding hydrogens is 522 g/mol. The number of carbonyl (C=O) groups is 1. The molecule has 0 aliphatic heterocycles. The number of carbonyl (C=O) groups excluding carboxylic acids is 1. The number of rotatable bonds is 10. The van der Waals surface area contributed by atoms with Crippen LogP contribution >= 0.6 is 11.8 Å². The van der Waals surface area contributed by atoms with E-state index in [1.54, 1.807) is 85.8 Å². The Morgan fingerprint density at radius 2 is 1.69 bits per heavy atom. The van der Waals surface area contributed by atoms with Gasteiger partial charge in [-0.1, -0.05) is 72.4 Å². The number of aliphatic hydroxyl groups is 1. The number of nitrogens with zero attached hydrogens (tertiary/aromatic N) is 3. The summed E-state index contributed by atoms with van der Waals surface area (Å²) in [6, 6.07) is 23.8. The summed E-state index contributed by atoms with van der Waals surface area (Å²) >= 11 is 1.20. The lowest BCUT2D eigenvalue weighted by Gasteiger charge is -2.27. The van der Waals surface area contributed by atoms with Gasteiger partial charge in [-0.2, -0.15) is 5.10 Å². The van der Waals surface area contributed by atoms with Crippen LogP contribution in [-0.4, -0.2) is 34.3 Å². The topological polar surface area (TPSA) is 96.7 Å². The molecule has 0 spiro atoms. The Kier molecular flexibility index (Phi) is 9.00. The van der Waals surface area contributed by atoms with Crippen molar-refractivity contribution in [2.45, 2.75) is 29.9 Å². The molecule has 0 atom stereocenters. The van der Waals surface area contributed by atoms with Crippen LogP contribution < -0.4 is 10.2 Å². The zero-order valence-corrected chi connectivity index (χ0v) is 22.0. The van der Waals surface area contributed by atoms with Crippen molar-refractivity contribution in [1.82, 2.24) is 15.4 Å². The lowest BCUT2D eigenvalue weighted by atomic mass is 9.85. The monoisotopic (exact) mass is 548 g/mol. The standard InChI is InChI=1S/C29H26F2N4O3S/c1-19-15-24(26(30)31)34-28(33-19)39-18-21-16-20(13-14-25(21)38-2)17-32-35-27(36)29(37,22-9-5-3-6-10-22)23-11-7-4-8-12-23/h3-17,26,37H,18H2,1-2H3,(H,35,36)/b32-17-. The average molecular weight is 549 g/mol. The first-order valence-corrected chi connectivity index (χ1v) is 12.9. The van der Waals surface area contributed by atoms with E-state index in [0.717, 1.165) is 5.56 Å². The van der Waals surface area contributed by atoms with E-state index in [4.69, 9.17) is 4.74 Å². The lowest BCUT2D eigenvalue weighted by molar-refractivity contribution is -0.136. The van der Waals surface area contributed by atoms with Gasteiger partial charge in [0.15, 0.2) is 10.8 Å². The van der Waals surface area contributed by atoms with Gasteiger partial charge in [0, 0.05) is 17.0 Å². The van der Waals surface area contributed by atoms with Crippen LogP contribution in [0.25, 0.3) is 0 Å². The van der Waals surface area contributed by atoms with Crippen LogP contribution in [0.2, 0.25) is 0 Å². The minimum absolute atomic E-state index is 0.236. The largest absolute Gasteiger partial charge is 0.496 e. The van der Waals surface area contributed by atoms with E-state index in [1.165, 1.54) is 31.2 Å². The number of aromatic nitrogens is 2. The van der Waals surface area contributed by atoms with Gasteiger partial charge in [-0.3, -0.25) is 4.79 Å². The summed E-state index contributed by atoms with van der Waals surface area (Å²) in [5.41, 5.74) is 2.84. The number of methoxy groups -OCH3 is 1. The highest BCUT2D eigenvalue weighted by molar-refractivity contribution is 7.98. The smallest absolute Gasteiger partial charge is 0.281 e. The first-order chi connectivity index (χ1) is 18.8. The zero-order valence-electron chi connectivity index (χ0n) is 21.2. The minimum Gasteiger partial charge on any atom is -0.496 e. The second-order valence-corrected chi connectivity index (χ2v) is 9.46. The van der Waals surface area contributed by atoms with Gasteiger partial charge in [0.25, 0.3) is 12.3 Å². The first kappa shape index (κ1) is 27.9. The molecule has 1 aromatic heterocycles. The van der Waals surface area contributed by atoms with Gasteiger partial charge >= 0.3 is 0 Å². The van der Waals surface area contributed by atoms with Crippen LogP contribution in [0.4, 0.5) is 8.78 Å². The first-order valence-electron chi connectivity index (χ1n) is 11.9. The number of hydrogen-bond acceptors (Lipinski definition) is 7. The fourth-order valence-corrected chi connectivity index (χ4v) is 4.80. The molecule has 1 heterocycles. The van der Waals surface area contributed by atoms with E-state index < -0.39 is 17.9 Å². The number of nitrogens with one attached hydrogen (secondary N) is 1. The molecule has 0 unspecified atom stereocenters. The van der Waals surface area contributed by atoms with Gasteiger partial charge in [-0.15, -0.1) is 0 Å². The number of thioether (sulfide) groups is 1. The maximum atomic E-state index is 13.2. The third-order valence-electron chi connectivity index (χ3n) is 5.83. The summed E-state index contributed by atoms with van der Waals surface area (Å²) in [5, 5.41) is 15.8. The van der Waals surface area contributed by atoms with Crippen LogP contribution in [0.3, 0.4) is 0 Å². The normalized spacial score (nSPS) is 11.6. The number of hydrazone groups is 1. The number of hydrogen-bond donors (Lipinski definition) is 2. The summed E-state index contributed by atoms with van der Waals surface area (Å²) in [4.78, 5) is 21.4. The Balaban J connectivity index is 1.52. The molecule has 1 amide bonds. The van der Waals surface area contributed by atoms with Crippen molar-refractivity contribution in [3.8, 4) is 5.75 Å². The van der Waals surface area contributed by atoms with Crippen molar-refractivity contribution in [3.05, 3.63) is 119 Å². The van der Waals surface area contributed by atoms with Crippen LogP contribution in [0, 0.1) is 6.92 Å². The summed E-state index contributed by atoms with van der Waals surface area (Å²) in [7, 11) is 1.53. The van der Waals surface area contributed by atoms with E-state index in [-0.39, 0.29) is 10.9 Å². The highest BCUT2D eigenvalue weighted by Gasteiger charge is 2.39. The lowest BCUT2D eigenvalue weighted by Crippen LogP contribution is -2.43. The molecular formula is C29H26F2N4O3S. The molecule has 0 fully saturated rings. The van der Waals surface area contributed by atoms with E-state index in [9.17, 15) is 18.7 Å². The molecule has 0 radical (unpaired) electrons. The van der Waals surface area contributed by atoms with Gasteiger partial charge in [0.2, 0.25) is 0 Å². The zero-order chi connectivity index (χ0) is 27.8. The van der Waals surface area contributed by atoms with Gasteiger partial charge in [-0.25, -0.2) is 24.2 Å². The molecule has 0 bridgehead atoms. The Morgan fingerprint density at radius 3 is 2.28 bits per heavy atom. The molecule has 39 heavy (non-hydrogen) atoms. The van der Waals surface area contributed by atoms with E-state index in [2.05, 4.69) is 20.5 Å². The van der Waals surface area contributed by atoms with Crippen LogP contribution in [0.15, 0.2) is 95.2 Å². The van der Waals surface area contributed by atoms with Crippen molar-refractivity contribution < 1.29 is 23.4 Å². The molecule has 4 aromatic rings. The number of benzene rings is 3. The molecule has 0 aliphatic carbocycles. The Bertz CT molecular complexity index is 1410. The molecule has 7 nitrogen and oxygen atoms in total. The Hall–Kier alpha value is -4.15. The maximum Gasteiger partial charge on any atom is 0.281 e. The van der Waals surface area contributed by atoms with Crippen LogP contribution in [0.1, 0.15) is 40.1 Å². The molecule has 10 heteroatoms. The Labute approximate surface area is 229 Å². The van der Waals surface area contributed by atoms with Gasteiger partial charge in [-0.05, 0) is 47.9 Å². The predicted molar refractivity (Wildman–Crippen MR) is 146 cm³/mol. The van der Waals surface area contributed by atoms with Crippen molar-refractivity contribution >= 4 is 23.9 Å². The highest BCUT2D eigenvalue weighted by Crippen LogP contribution is 2.30. The number of alkyl halides is 2. The van der Waals surface area contributed by atoms with Crippen molar-refractivity contribution in [2.24, 2.45) is 5.10 Å². The third kappa shape index (κ3) is 6.65. The average Bonchev–Trinajstić information content (AvgIpc) is 2.96. The van der Waals surface area contributed by atoms with Crippen LogP contribution in [0.5, 0.6) is 5.75 Å². The fraction of sp³-hybridized carbons (Fsp3) is 0.172. The maximum absolute atomic E-state index is 13.2. The minimum atomic E-state index is -2.68. The fourth-order valence-electron chi connectivity index (χ4n) is 3.91. The van der Waals surface area contributed by atoms with E-state index >= 15 is 0 Å². The van der Waals surface area contributed by atoms with E-state index in [1.807, 2.05) is 0 Å². The van der Waals surface area contributed by atoms with Crippen LogP contribution in [-0.2, 0) is 16.1 Å². The van der Waals surface area contributed by atoms with Crippen molar-refractivity contribution in [2.75, 3.05) is 7.11 Å². The molecule has 0 saturated carbocycles. The van der Waals surface area contributed by atoms with Crippen molar-refractivity contribution in [1.29, 1.82) is 0 Å². The van der Waals surface area contributed by atoms with Crippen molar-refractivity contribution in [3.63, 3.8) is 0 Å². The molecule has 4 rings (SSSR count). The second-order valence-electron chi connectivity index (χ2n) is 8.52. The SMILES string of the molecule is COc1ccc(/C=N\NC(=O)C(O)(c2ccccc2)c2ccccc2)cc1CSc1nc(C)cc(C(F)F)n1. The Morgan fingerprint density at radius 1 is 1.05 bits per heavy atom. The number of ether oxygens (including phenoxy) is 1. The van der Waals surface area contributed by atoms with Gasteiger partial charge < -0.3 is 9.84 Å². The molecule has 2 N–H and O–H groups in total. The van der Waals surface area contributed by atoms with E-state index in [0.29, 0.717) is 33.9 Å². The molecule has 3 aromatic carbocycles. The second kappa shape index (κ2) is 12.6. The third-order valence-corrected chi connectivity index (χ3v) is 6.73. The quantitative estimate of drug-likeness (QED) is 0.119. The summed E-state index contributed by atoms with van der Waals surface area (Å²) < 4.78 is 31.7. The number of halogens is 2. The summed E-state index contributed by atoms with van der Waals surface area (Å²) in [6.07, 6.45) is -1.24. The predicted octanol–water partition coefficient (Wildman–Crippen LogP) is 5.41. The van der Waals surface area contributed by atoms with Gasteiger partial charge in [0.05, 0.1) is 13.3 Å². The summed E-state index contributed by atoms with van der Waals surface area (Å²) in [6.45, 7) is 1.64. The molecule has 0 saturated heterocycles. The molecule has 0 aliphatic rings. The number of amides is 1.